The number of hydrogen-bond donors (Lipinski definition) is 2. The van der Waals surface area contributed by atoms with Gasteiger partial charge in [0.15, 0.2) is 0 Å². The molecule has 1 aromatic carbocycles. The van der Waals surface area contributed by atoms with E-state index in [1.807, 2.05) is 13.0 Å². The van der Waals surface area contributed by atoms with Crippen molar-refractivity contribution in [2.45, 2.75) is 26.3 Å². The summed E-state index contributed by atoms with van der Waals surface area (Å²) in [6.07, 6.45) is 1.06. The van der Waals surface area contributed by atoms with Gasteiger partial charge < -0.3 is 15.7 Å². The van der Waals surface area contributed by atoms with Crippen molar-refractivity contribution in [1.29, 1.82) is 0 Å². The molecule has 3 nitrogen and oxygen atoms in total. The van der Waals surface area contributed by atoms with E-state index in [1.54, 1.807) is 0 Å². The molecule has 1 aromatic rings. The fourth-order valence-electron chi connectivity index (χ4n) is 1.84. The summed E-state index contributed by atoms with van der Waals surface area (Å²) >= 11 is 3.55. The standard InChI is InChI=1S/C13H21BrN2O/c1-3-6-16(7-8-17)11-4-5-12(10(2)15)13(14)9-11/h4-5,9-10,17H,3,6-8,15H2,1-2H3/t10-/m0/s1. The lowest BCUT2D eigenvalue weighted by Gasteiger charge is -2.24. The Balaban J connectivity index is 2.93. The zero-order valence-corrected chi connectivity index (χ0v) is 12.1. The van der Waals surface area contributed by atoms with E-state index >= 15 is 0 Å². The molecule has 0 saturated heterocycles. The van der Waals surface area contributed by atoms with Gasteiger partial charge in [-0.15, -0.1) is 0 Å². The van der Waals surface area contributed by atoms with Crippen molar-refractivity contribution >= 4 is 21.6 Å². The molecule has 0 unspecified atom stereocenters. The first-order chi connectivity index (χ1) is 8.10. The summed E-state index contributed by atoms with van der Waals surface area (Å²) in [5.41, 5.74) is 8.10. The van der Waals surface area contributed by atoms with Gasteiger partial charge in [0.2, 0.25) is 0 Å². The first-order valence-electron chi connectivity index (χ1n) is 6.01. The van der Waals surface area contributed by atoms with Gasteiger partial charge in [-0.05, 0) is 31.0 Å². The van der Waals surface area contributed by atoms with E-state index in [1.165, 1.54) is 0 Å². The lowest BCUT2D eigenvalue weighted by Crippen LogP contribution is -2.27. The lowest BCUT2D eigenvalue weighted by molar-refractivity contribution is 0.302. The largest absolute Gasteiger partial charge is 0.395 e. The van der Waals surface area contributed by atoms with Crippen LogP contribution in [0.1, 0.15) is 31.9 Å². The maximum Gasteiger partial charge on any atom is 0.0606 e. The van der Waals surface area contributed by atoms with E-state index < -0.39 is 0 Å². The van der Waals surface area contributed by atoms with Gasteiger partial charge in [0, 0.05) is 29.3 Å². The van der Waals surface area contributed by atoms with Crippen molar-refractivity contribution in [3.8, 4) is 0 Å². The lowest BCUT2D eigenvalue weighted by atomic mass is 10.1. The Kier molecular flexibility index (Phi) is 5.95. The Morgan fingerprint density at radius 1 is 1.41 bits per heavy atom. The van der Waals surface area contributed by atoms with Crippen LogP contribution in [0.25, 0.3) is 0 Å². The molecule has 0 aliphatic carbocycles. The topological polar surface area (TPSA) is 49.5 Å². The minimum Gasteiger partial charge on any atom is -0.395 e. The molecule has 0 saturated carbocycles. The van der Waals surface area contributed by atoms with Gasteiger partial charge in [-0.25, -0.2) is 0 Å². The van der Waals surface area contributed by atoms with Crippen LogP contribution in [0.3, 0.4) is 0 Å². The van der Waals surface area contributed by atoms with Gasteiger partial charge in [-0.2, -0.15) is 0 Å². The minimum absolute atomic E-state index is 0.0240. The van der Waals surface area contributed by atoms with Crippen LogP contribution < -0.4 is 10.6 Å². The Morgan fingerprint density at radius 2 is 2.12 bits per heavy atom. The highest BCUT2D eigenvalue weighted by Gasteiger charge is 2.09. The van der Waals surface area contributed by atoms with Gasteiger partial charge in [-0.1, -0.05) is 28.9 Å². The molecule has 0 aliphatic rings. The third-order valence-electron chi connectivity index (χ3n) is 2.70. The number of anilines is 1. The van der Waals surface area contributed by atoms with Gasteiger partial charge in [0.25, 0.3) is 0 Å². The van der Waals surface area contributed by atoms with Crippen LogP contribution >= 0.6 is 15.9 Å². The van der Waals surface area contributed by atoms with E-state index in [0.717, 1.165) is 28.7 Å². The Morgan fingerprint density at radius 3 is 2.59 bits per heavy atom. The number of halogens is 1. The fraction of sp³-hybridized carbons (Fsp3) is 0.538. The quantitative estimate of drug-likeness (QED) is 0.849. The van der Waals surface area contributed by atoms with Gasteiger partial charge in [0.05, 0.1) is 6.61 Å². The van der Waals surface area contributed by atoms with Crippen molar-refractivity contribution in [3.05, 3.63) is 28.2 Å². The molecule has 1 atom stereocenters. The van der Waals surface area contributed by atoms with Crippen molar-refractivity contribution in [2.24, 2.45) is 5.73 Å². The zero-order valence-electron chi connectivity index (χ0n) is 10.5. The summed E-state index contributed by atoms with van der Waals surface area (Å²) in [6, 6.07) is 6.21. The van der Waals surface area contributed by atoms with Crippen molar-refractivity contribution in [3.63, 3.8) is 0 Å². The van der Waals surface area contributed by atoms with Crippen molar-refractivity contribution in [1.82, 2.24) is 0 Å². The predicted molar refractivity (Wildman–Crippen MR) is 76.3 cm³/mol. The van der Waals surface area contributed by atoms with Gasteiger partial charge in [0.1, 0.15) is 0 Å². The second-order valence-corrected chi connectivity index (χ2v) is 5.06. The highest BCUT2D eigenvalue weighted by Crippen LogP contribution is 2.27. The van der Waals surface area contributed by atoms with Crippen LogP contribution in [-0.2, 0) is 0 Å². The number of benzene rings is 1. The van der Waals surface area contributed by atoms with Crippen LogP contribution in [0, 0.1) is 0 Å². The first kappa shape index (κ1) is 14.5. The van der Waals surface area contributed by atoms with E-state index in [0.29, 0.717) is 6.54 Å². The molecule has 0 amide bonds. The molecule has 0 fully saturated rings. The summed E-state index contributed by atoms with van der Waals surface area (Å²) < 4.78 is 1.03. The van der Waals surface area contributed by atoms with Crippen LogP contribution in [0.15, 0.2) is 22.7 Å². The number of aliphatic hydroxyl groups is 1. The Labute approximate surface area is 112 Å². The smallest absolute Gasteiger partial charge is 0.0606 e. The number of rotatable bonds is 6. The van der Waals surface area contributed by atoms with Crippen LogP contribution in [-0.4, -0.2) is 24.8 Å². The maximum absolute atomic E-state index is 9.06. The average Bonchev–Trinajstić information content (AvgIpc) is 2.28. The molecule has 0 aliphatic heterocycles. The molecule has 0 aromatic heterocycles. The highest BCUT2D eigenvalue weighted by atomic mass is 79.9. The van der Waals surface area contributed by atoms with Crippen molar-refractivity contribution < 1.29 is 5.11 Å². The number of nitrogens with zero attached hydrogens (tertiary/aromatic N) is 1. The summed E-state index contributed by atoms with van der Waals surface area (Å²) in [6.45, 7) is 5.89. The summed E-state index contributed by atoms with van der Waals surface area (Å²) in [5.74, 6) is 0. The summed E-state index contributed by atoms with van der Waals surface area (Å²) in [7, 11) is 0. The normalized spacial score (nSPS) is 12.5. The first-order valence-corrected chi connectivity index (χ1v) is 6.80. The van der Waals surface area contributed by atoms with E-state index in [2.05, 4.69) is 39.9 Å². The molecule has 17 heavy (non-hydrogen) atoms. The fourth-order valence-corrected chi connectivity index (χ4v) is 2.57. The second kappa shape index (κ2) is 6.99. The third kappa shape index (κ3) is 3.98. The van der Waals surface area contributed by atoms with E-state index in [9.17, 15) is 0 Å². The SMILES string of the molecule is CCCN(CCO)c1ccc([C@H](C)N)c(Br)c1. The van der Waals surface area contributed by atoms with Crippen LogP contribution in [0.4, 0.5) is 5.69 Å². The molecule has 0 heterocycles. The van der Waals surface area contributed by atoms with E-state index in [4.69, 9.17) is 10.8 Å². The minimum atomic E-state index is 0.0240. The molecular weight excluding hydrogens is 280 g/mol. The maximum atomic E-state index is 9.06. The molecule has 96 valence electrons. The number of nitrogens with two attached hydrogens (primary N) is 1. The van der Waals surface area contributed by atoms with Crippen molar-refractivity contribution in [2.75, 3.05) is 24.6 Å². The number of hydrogen-bond acceptors (Lipinski definition) is 3. The molecule has 3 N–H and O–H groups in total. The summed E-state index contributed by atoms with van der Waals surface area (Å²) in [4.78, 5) is 2.18. The monoisotopic (exact) mass is 300 g/mol. The van der Waals surface area contributed by atoms with E-state index in [-0.39, 0.29) is 12.6 Å². The van der Waals surface area contributed by atoms with Crippen LogP contribution in [0.2, 0.25) is 0 Å². The molecule has 0 radical (unpaired) electrons. The Hall–Kier alpha value is -0.580. The molecule has 4 heteroatoms. The van der Waals surface area contributed by atoms with Gasteiger partial charge >= 0.3 is 0 Å². The Bertz CT molecular complexity index is 349. The molecule has 1 rings (SSSR count). The molecule has 0 spiro atoms. The average molecular weight is 301 g/mol. The predicted octanol–water partition coefficient (Wildman–Crippen LogP) is 2.68. The highest BCUT2D eigenvalue weighted by molar-refractivity contribution is 9.10. The third-order valence-corrected chi connectivity index (χ3v) is 3.39. The second-order valence-electron chi connectivity index (χ2n) is 4.21. The summed E-state index contributed by atoms with van der Waals surface area (Å²) in [5, 5.41) is 9.06. The molecular formula is C13H21BrN2O. The number of aliphatic hydroxyl groups excluding tert-OH is 1. The van der Waals surface area contributed by atoms with Gasteiger partial charge in [-0.3, -0.25) is 0 Å². The van der Waals surface area contributed by atoms with Crippen LogP contribution in [0.5, 0.6) is 0 Å². The molecule has 0 bridgehead atoms. The zero-order chi connectivity index (χ0) is 12.8.